The Hall–Kier alpha value is -2.05. The molecule has 26 heavy (non-hydrogen) atoms. The van der Waals surface area contributed by atoms with Crippen molar-refractivity contribution < 1.29 is 10.2 Å². The van der Waals surface area contributed by atoms with E-state index in [0.29, 0.717) is 25.1 Å². The maximum absolute atomic E-state index is 9.85. The zero-order chi connectivity index (χ0) is 18.9. The van der Waals surface area contributed by atoms with Crippen molar-refractivity contribution >= 4 is 0 Å². The minimum absolute atomic E-state index is 0.457. The number of aliphatic hydroxyl groups is 2. The summed E-state index contributed by atoms with van der Waals surface area (Å²) in [5.74, 6) is 0.667. The number of aromatic amines is 1. The number of aryl methyl sites for hydroxylation is 1. The summed E-state index contributed by atoms with van der Waals surface area (Å²) in [5, 5.41) is 33.3. The molecule has 1 aromatic heterocycles. The van der Waals surface area contributed by atoms with E-state index in [4.69, 9.17) is 0 Å². The van der Waals surface area contributed by atoms with Crippen LogP contribution in [-0.2, 0) is 6.42 Å². The van der Waals surface area contributed by atoms with E-state index in [1.807, 2.05) is 30.4 Å². The first kappa shape index (κ1) is 22.0. The molecule has 1 aromatic rings. The lowest BCUT2D eigenvalue weighted by molar-refractivity contribution is 0.209. The lowest BCUT2D eigenvalue weighted by Crippen LogP contribution is -2.02. The second kappa shape index (κ2) is 15.2. The number of rotatable bonds is 14. The molecular formula is C20H32N4O2. The number of hydrogen-bond donors (Lipinski definition) is 3. The maximum Gasteiger partial charge on any atom is 0.174 e. The number of H-pyrrole nitrogens is 1. The van der Waals surface area contributed by atoms with Crippen molar-refractivity contribution in [2.45, 2.75) is 70.5 Å². The van der Waals surface area contributed by atoms with E-state index in [1.54, 1.807) is 12.2 Å². The fraction of sp³-hybridized carbons (Fsp3) is 0.550. The average molecular weight is 361 g/mol. The molecule has 0 amide bonds. The Labute approximate surface area is 156 Å². The van der Waals surface area contributed by atoms with Crippen LogP contribution < -0.4 is 0 Å². The van der Waals surface area contributed by atoms with Crippen LogP contribution in [0.4, 0.5) is 0 Å². The number of tetrazole rings is 1. The van der Waals surface area contributed by atoms with Crippen molar-refractivity contribution in [2.75, 3.05) is 0 Å². The zero-order valence-electron chi connectivity index (χ0n) is 15.7. The molecule has 6 nitrogen and oxygen atoms in total. The molecule has 0 aliphatic carbocycles. The summed E-state index contributed by atoms with van der Waals surface area (Å²) in [6.45, 7) is 2.19. The number of allylic oxidation sites excluding steroid dienone is 5. The molecule has 2 atom stereocenters. The van der Waals surface area contributed by atoms with Gasteiger partial charge in [-0.05, 0) is 32.1 Å². The van der Waals surface area contributed by atoms with Crippen LogP contribution in [0.2, 0.25) is 0 Å². The highest BCUT2D eigenvalue weighted by atomic mass is 16.3. The van der Waals surface area contributed by atoms with Gasteiger partial charge in [-0.2, -0.15) is 5.21 Å². The Balaban J connectivity index is 2.09. The van der Waals surface area contributed by atoms with Crippen LogP contribution in [0, 0.1) is 0 Å². The van der Waals surface area contributed by atoms with Crippen LogP contribution in [0.15, 0.2) is 48.6 Å². The van der Waals surface area contributed by atoms with Gasteiger partial charge >= 0.3 is 0 Å². The third-order valence-corrected chi connectivity index (χ3v) is 3.81. The minimum atomic E-state index is -0.487. The Bertz CT molecular complexity index is 550. The van der Waals surface area contributed by atoms with Crippen molar-refractivity contribution in [2.24, 2.45) is 0 Å². The number of unbranched alkanes of at least 4 members (excludes halogenated alkanes) is 3. The van der Waals surface area contributed by atoms with E-state index in [0.717, 1.165) is 12.8 Å². The van der Waals surface area contributed by atoms with Gasteiger partial charge in [0.15, 0.2) is 5.82 Å². The number of nitrogens with zero attached hydrogens (tertiary/aromatic N) is 3. The topological polar surface area (TPSA) is 94.9 Å². The molecule has 0 saturated carbocycles. The Morgan fingerprint density at radius 1 is 0.962 bits per heavy atom. The van der Waals surface area contributed by atoms with Gasteiger partial charge in [-0.1, -0.05) is 73.6 Å². The molecule has 1 rings (SSSR count). The highest BCUT2D eigenvalue weighted by molar-refractivity contribution is 5.13. The molecule has 6 heteroatoms. The largest absolute Gasteiger partial charge is 0.389 e. The van der Waals surface area contributed by atoms with Crippen molar-refractivity contribution in [1.29, 1.82) is 0 Å². The van der Waals surface area contributed by atoms with Crippen LogP contribution in [0.5, 0.6) is 0 Å². The predicted octanol–water partition coefficient (Wildman–Crippen LogP) is 3.44. The summed E-state index contributed by atoms with van der Waals surface area (Å²) in [7, 11) is 0. The maximum atomic E-state index is 9.85. The van der Waals surface area contributed by atoms with E-state index < -0.39 is 12.2 Å². The lowest BCUT2D eigenvalue weighted by atomic mass is 10.1. The number of aromatic nitrogens is 4. The fourth-order valence-electron chi connectivity index (χ4n) is 2.31. The van der Waals surface area contributed by atoms with Crippen LogP contribution in [0.3, 0.4) is 0 Å². The monoisotopic (exact) mass is 360 g/mol. The second-order valence-corrected chi connectivity index (χ2v) is 6.21. The molecule has 1 heterocycles. The van der Waals surface area contributed by atoms with Crippen LogP contribution >= 0.6 is 0 Å². The van der Waals surface area contributed by atoms with Crippen LogP contribution in [-0.4, -0.2) is 43.0 Å². The van der Waals surface area contributed by atoms with E-state index in [1.165, 1.54) is 19.3 Å². The minimum Gasteiger partial charge on any atom is -0.389 e. The van der Waals surface area contributed by atoms with Gasteiger partial charge in [0.2, 0.25) is 0 Å². The highest BCUT2D eigenvalue weighted by Gasteiger charge is 2.01. The van der Waals surface area contributed by atoms with Crippen molar-refractivity contribution in [3.05, 3.63) is 54.4 Å². The molecule has 144 valence electrons. The third kappa shape index (κ3) is 12.3. The highest BCUT2D eigenvalue weighted by Crippen LogP contribution is 2.04. The predicted molar refractivity (Wildman–Crippen MR) is 104 cm³/mol. The molecule has 0 aromatic carbocycles. The van der Waals surface area contributed by atoms with Gasteiger partial charge in [0.1, 0.15) is 0 Å². The summed E-state index contributed by atoms with van der Waals surface area (Å²) in [4.78, 5) is 0. The lowest BCUT2D eigenvalue weighted by Gasteiger charge is -2.02. The molecule has 0 radical (unpaired) electrons. The first-order valence-electron chi connectivity index (χ1n) is 9.47. The average Bonchev–Trinajstić information content (AvgIpc) is 3.14. The van der Waals surface area contributed by atoms with Crippen molar-refractivity contribution in [1.82, 2.24) is 20.6 Å². The summed E-state index contributed by atoms with van der Waals surface area (Å²) in [5.41, 5.74) is 0. The summed E-state index contributed by atoms with van der Waals surface area (Å²) in [6, 6.07) is 0. The van der Waals surface area contributed by atoms with Gasteiger partial charge in [-0.15, -0.1) is 10.2 Å². The summed E-state index contributed by atoms with van der Waals surface area (Å²) >= 11 is 0. The molecular weight excluding hydrogens is 328 g/mol. The third-order valence-electron chi connectivity index (χ3n) is 3.81. The van der Waals surface area contributed by atoms with Crippen molar-refractivity contribution in [3.8, 4) is 0 Å². The summed E-state index contributed by atoms with van der Waals surface area (Å²) in [6.07, 6.45) is 21.7. The van der Waals surface area contributed by atoms with E-state index in [-0.39, 0.29) is 0 Å². The SMILES string of the molecule is CCCCC/C=C\C[C@@H](O)/C=C/C=C/C=C\[C@@H](O)CCCc1nn[nH]n1. The Kier molecular flexibility index (Phi) is 12.9. The standard InChI is InChI=1S/C20H32N4O2/c1-2-3-4-5-6-9-13-18(25)14-10-7-8-11-15-19(26)16-12-17-20-21-23-24-22-20/h6-11,14-15,18-19,25-26H,2-5,12-13,16-17H2,1H3,(H,21,22,23,24)/b8-7+,9-6-,14-10+,15-11-/t18-,19-/m1/s1. The molecule has 0 unspecified atom stereocenters. The normalized spacial score (nSPS) is 15.0. The number of hydrogen-bond acceptors (Lipinski definition) is 5. The number of aliphatic hydroxyl groups excluding tert-OH is 2. The fourth-order valence-corrected chi connectivity index (χ4v) is 2.31. The molecule has 0 saturated heterocycles. The Morgan fingerprint density at radius 2 is 1.73 bits per heavy atom. The van der Waals surface area contributed by atoms with Gasteiger partial charge < -0.3 is 10.2 Å². The van der Waals surface area contributed by atoms with Gasteiger partial charge in [0.05, 0.1) is 12.2 Å². The van der Waals surface area contributed by atoms with E-state index >= 15 is 0 Å². The molecule has 0 aliphatic rings. The quantitative estimate of drug-likeness (QED) is 0.268. The first-order chi connectivity index (χ1) is 12.7. The van der Waals surface area contributed by atoms with Gasteiger partial charge in [-0.25, -0.2) is 0 Å². The molecule has 0 spiro atoms. The van der Waals surface area contributed by atoms with E-state index in [9.17, 15) is 10.2 Å². The Morgan fingerprint density at radius 3 is 2.42 bits per heavy atom. The second-order valence-electron chi connectivity index (χ2n) is 6.21. The van der Waals surface area contributed by atoms with Gasteiger partial charge in [0.25, 0.3) is 0 Å². The van der Waals surface area contributed by atoms with Gasteiger partial charge in [0, 0.05) is 6.42 Å². The zero-order valence-corrected chi connectivity index (χ0v) is 15.7. The molecule has 0 fully saturated rings. The number of nitrogens with one attached hydrogen (secondary N) is 1. The molecule has 0 aliphatic heterocycles. The summed E-state index contributed by atoms with van der Waals surface area (Å²) < 4.78 is 0. The first-order valence-corrected chi connectivity index (χ1v) is 9.47. The molecule has 0 bridgehead atoms. The van der Waals surface area contributed by atoms with Crippen molar-refractivity contribution in [3.63, 3.8) is 0 Å². The molecule has 3 N–H and O–H groups in total. The smallest absolute Gasteiger partial charge is 0.174 e. The van der Waals surface area contributed by atoms with Gasteiger partial charge in [-0.3, -0.25) is 0 Å². The van der Waals surface area contributed by atoms with Crippen LogP contribution in [0.1, 0.15) is 57.7 Å². The van der Waals surface area contributed by atoms with E-state index in [2.05, 4.69) is 33.6 Å². The van der Waals surface area contributed by atoms with Crippen LogP contribution in [0.25, 0.3) is 0 Å².